The molecule has 4 nitrogen and oxygen atoms in total. The first-order valence-electron chi connectivity index (χ1n) is 7.91. The van der Waals surface area contributed by atoms with Gasteiger partial charge in [-0.25, -0.2) is 4.68 Å². The van der Waals surface area contributed by atoms with Crippen LogP contribution >= 0.6 is 0 Å². The van der Waals surface area contributed by atoms with E-state index in [0.29, 0.717) is 18.1 Å². The molecule has 0 spiro atoms. The van der Waals surface area contributed by atoms with Crippen LogP contribution in [-0.2, 0) is 22.3 Å². The lowest BCUT2D eigenvalue weighted by atomic mass is 10.2. The van der Waals surface area contributed by atoms with E-state index in [9.17, 15) is 4.21 Å². The van der Waals surface area contributed by atoms with Crippen molar-refractivity contribution in [1.82, 2.24) is 9.78 Å². The quantitative estimate of drug-likeness (QED) is 0.658. The van der Waals surface area contributed by atoms with Gasteiger partial charge in [0.1, 0.15) is 5.75 Å². The molecule has 0 saturated heterocycles. The fraction of sp³-hybridized carbons (Fsp3) is 0.211. The summed E-state index contributed by atoms with van der Waals surface area (Å²) in [6.45, 7) is 2.55. The summed E-state index contributed by atoms with van der Waals surface area (Å²) in [6, 6.07) is 17.7. The van der Waals surface area contributed by atoms with Crippen LogP contribution in [0.25, 0.3) is 5.69 Å². The lowest BCUT2D eigenvalue weighted by molar-refractivity contribution is 0.337. The Morgan fingerprint density at radius 1 is 1.04 bits per heavy atom. The first-order chi connectivity index (χ1) is 11.8. The number of para-hydroxylation sites is 2. The van der Waals surface area contributed by atoms with Gasteiger partial charge in [-0.15, -0.1) is 0 Å². The first kappa shape index (κ1) is 16.5. The summed E-state index contributed by atoms with van der Waals surface area (Å²) in [4.78, 5) is 0. The predicted molar refractivity (Wildman–Crippen MR) is 96.7 cm³/mol. The fourth-order valence-electron chi connectivity index (χ4n) is 2.49. The summed E-state index contributed by atoms with van der Waals surface area (Å²) in [5, 5.41) is 4.35. The Kier molecular flexibility index (Phi) is 5.43. The van der Waals surface area contributed by atoms with E-state index in [1.807, 2.05) is 67.7 Å². The third-order valence-electron chi connectivity index (χ3n) is 3.57. The van der Waals surface area contributed by atoms with E-state index in [-0.39, 0.29) is 0 Å². The second-order valence-corrected chi connectivity index (χ2v) is 6.85. The maximum atomic E-state index is 12.5. The minimum absolute atomic E-state index is 0.479. The standard InChI is InChI=1S/C19H20N2O2S/c1-2-23-19-11-7-6-8-17(19)15-24(22)14-16-12-20-21(13-16)18-9-4-3-5-10-18/h3-13H,2,14-15H2,1H3/t24-/m0/s1. The highest BCUT2D eigenvalue weighted by Gasteiger charge is 2.10. The zero-order valence-electron chi connectivity index (χ0n) is 13.6. The summed E-state index contributed by atoms with van der Waals surface area (Å²) in [7, 11) is -1.01. The molecular weight excluding hydrogens is 320 g/mol. The fourth-order valence-corrected chi connectivity index (χ4v) is 3.69. The minimum Gasteiger partial charge on any atom is -0.494 e. The number of aromatic nitrogens is 2. The molecule has 0 radical (unpaired) electrons. The molecule has 3 aromatic rings. The van der Waals surface area contributed by atoms with E-state index < -0.39 is 10.8 Å². The average Bonchev–Trinajstić information content (AvgIpc) is 3.06. The Labute approximate surface area is 144 Å². The zero-order chi connectivity index (χ0) is 16.8. The van der Waals surface area contributed by atoms with Crippen LogP contribution in [0, 0.1) is 0 Å². The Bertz CT molecular complexity index is 815. The van der Waals surface area contributed by atoms with Crippen molar-refractivity contribution < 1.29 is 8.95 Å². The maximum absolute atomic E-state index is 12.5. The first-order valence-corrected chi connectivity index (χ1v) is 9.39. The summed E-state index contributed by atoms with van der Waals surface area (Å²) >= 11 is 0. The third kappa shape index (κ3) is 4.11. The molecule has 0 unspecified atom stereocenters. The van der Waals surface area contributed by atoms with E-state index in [0.717, 1.165) is 22.6 Å². The van der Waals surface area contributed by atoms with Crippen molar-refractivity contribution in [2.45, 2.75) is 18.4 Å². The summed E-state index contributed by atoms with van der Waals surface area (Å²) in [5.74, 6) is 1.77. The van der Waals surface area contributed by atoms with Crippen molar-refractivity contribution in [3.8, 4) is 11.4 Å². The monoisotopic (exact) mass is 340 g/mol. The van der Waals surface area contributed by atoms with Crippen molar-refractivity contribution in [3.63, 3.8) is 0 Å². The van der Waals surface area contributed by atoms with Gasteiger partial charge in [0, 0.05) is 28.1 Å². The van der Waals surface area contributed by atoms with E-state index in [1.165, 1.54) is 0 Å². The molecule has 0 aliphatic carbocycles. The summed E-state index contributed by atoms with van der Waals surface area (Å²) in [5.41, 5.74) is 2.94. The molecule has 0 aliphatic heterocycles. The number of hydrogen-bond donors (Lipinski definition) is 0. The van der Waals surface area contributed by atoms with Crippen LogP contribution in [0.3, 0.4) is 0 Å². The molecule has 0 fully saturated rings. The highest BCUT2D eigenvalue weighted by Crippen LogP contribution is 2.20. The van der Waals surface area contributed by atoms with E-state index >= 15 is 0 Å². The molecule has 124 valence electrons. The second kappa shape index (κ2) is 7.93. The predicted octanol–water partition coefficient (Wildman–Crippen LogP) is 3.72. The van der Waals surface area contributed by atoms with Gasteiger partial charge in [0.05, 0.1) is 30.0 Å². The van der Waals surface area contributed by atoms with Gasteiger partial charge in [-0.1, -0.05) is 36.4 Å². The zero-order valence-corrected chi connectivity index (χ0v) is 14.4. The van der Waals surface area contributed by atoms with E-state index in [4.69, 9.17) is 4.74 Å². The average molecular weight is 340 g/mol. The van der Waals surface area contributed by atoms with Gasteiger partial charge in [0.25, 0.3) is 0 Å². The van der Waals surface area contributed by atoms with Gasteiger partial charge < -0.3 is 4.74 Å². The summed E-state index contributed by atoms with van der Waals surface area (Å²) in [6.07, 6.45) is 3.71. The smallest absolute Gasteiger partial charge is 0.123 e. The van der Waals surface area contributed by atoms with Crippen LogP contribution in [0.1, 0.15) is 18.1 Å². The Morgan fingerprint density at radius 3 is 2.58 bits per heavy atom. The van der Waals surface area contributed by atoms with E-state index in [1.54, 1.807) is 10.9 Å². The van der Waals surface area contributed by atoms with Gasteiger partial charge in [-0.2, -0.15) is 5.10 Å². The number of benzene rings is 2. The topological polar surface area (TPSA) is 44.1 Å². The summed E-state index contributed by atoms with van der Waals surface area (Å²) < 4.78 is 19.9. The molecule has 5 heteroatoms. The van der Waals surface area contributed by atoms with Crippen LogP contribution in [-0.4, -0.2) is 20.6 Å². The van der Waals surface area contributed by atoms with Crippen molar-refractivity contribution in [3.05, 3.63) is 78.1 Å². The Morgan fingerprint density at radius 2 is 1.79 bits per heavy atom. The maximum Gasteiger partial charge on any atom is 0.123 e. The van der Waals surface area contributed by atoms with E-state index in [2.05, 4.69) is 5.10 Å². The van der Waals surface area contributed by atoms with Crippen LogP contribution < -0.4 is 4.74 Å². The number of rotatable bonds is 7. The molecule has 0 amide bonds. The van der Waals surface area contributed by atoms with Crippen LogP contribution in [0.4, 0.5) is 0 Å². The molecule has 2 aromatic carbocycles. The van der Waals surface area contributed by atoms with Gasteiger partial charge in [-0.3, -0.25) is 4.21 Å². The van der Waals surface area contributed by atoms with Gasteiger partial charge in [-0.05, 0) is 25.1 Å². The molecule has 24 heavy (non-hydrogen) atoms. The largest absolute Gasteiger partial charge is 0.494 e. The molecule has 3 rings (SSSR count). The number of ether oxygens (including phenoxy) is 1. The number of hydrogen-bond acceptors (Lipinski definition) is 3. The lowest BCUT2D eigenvalue weighted by Gasteiger charge is -2.09. The van der Waals surface area contributed by atoms with Crippen molar-refractivity contribution in [2.75, 3.05) is 6.61 Å². The molecule has 0 saturated carbocycles. The van der Waals surface area contributed by atoms with Crippen molar-refractivity contribution in [1.29, 1.82) is 0 Å². The molecule has 1 heterocycles. The molecule has 1 atom stereocenters. The van der Waals surface area contributed by atoms with Gasteiger partial charge in [0.2, 0.25) is 0 Å². The molecule has 1 aromatic heterocycles. The van der Waals surface area contributed by atoms with Gasteiger partial charge >= 0.3 is 0 Å². The number of nitrogens with zero attached hydrogens (tertiary/aromatic N) is 2. The highest BCUT2D eigenvalue weighted by atomic mass is 32.2. The van der Waals surface area contributed by atoms with Gasteiger partial charge in [0.15, 0.2) is 0 Å². The van der Waals surface area contributed by atoms with Crippen molar-refractivity contribution in [2.24, 2.45) is 0 Å². The van der Waals surface area contributed by atoms with Crippen LogP contribution in [0.2, 0.25) is 0 Å². The lowest BCUT2D eigenvalue weighted by Crippen LogP contribution is -2.02. The highest BCUT2D eigenvalue weighted by molar-refractivity contribution is 7.83. The minimum atomic E-state index is -1.01. The molecule has 0 aliphatic rings. The Hall–Kier alpha value is -2.40. The normalized spacial score (nSPS) is 12.0. The Balaban J connectivity index is 1.67. The second-order valence-electron chi connectivity index (χ2n) is 5.40. The molecule has 0 N–H and O–H groups in total. The third-order valence-corrected chi connectivity index (χ3v) is 4.86. The van der Waals surface area contributed by atoms with Crippen molar-refractivity contribution >= 4 is 10.8 Å². The molecular formula is C19H20N2O2S. The molecule has 0 bridgehead atoms. The SMILES string of the molecule is CCOc1ccccc1C[S@@](=O)Cc1cnn(-c2ccccc2)c1. The van der Waals surface area contributed by atoms with Crippen LogP contribution in [0.5, 0.6) is 5.75 Å². The van der Waals surface area contributed by atoms with Crippen LogP contribution in [0.15, 0.2) is 67.0 Å².